The van der Waals surface area contributed by atoms with E-state index >= 15 is 0 Å². The molecule has 0 aliphatic rings. The van der Waals surface area contributed by atoms with Crippen molar-refractivity contribution in [2.75, 3.05) is 0 Å². The first-order valence-corrected chi connectivity index (χ1v) is 4.65. The van der Waals surface area contributed by atoms with Gasteiger partial charge in [0.15, 0.2) is 0 Å². The Morgan fingerprint density at radius 3 is 2.42 bits per heavy atom. The van der Waals surface area contributed by atoms with Gasteiger partial charge in [0, 0.05) is 5.56 Å². The summed E-state index contributed by atoms with van der Waals surface area (Å²) >= 11 is 3.22. The molecule has 0 bridgehead atoms. The molecule has 66 valence electrons. The molecule has 1 aromatic rings. The van der Waals surface area contributed by atoms with Crippen molar-refractivity contribution in [2.24, 2.45) is 0 Å². The van der Waals surface area contributed by atoms with Crippen molar-refractivity contribution < 1.29 is 10.2 Å². The summed E-state index contributed by atoms with van der Waals surface area (Å²) in [4.78, 5) is 0. The molecule has 0 aliphatic heterocycles. The molecule has 0 amide bonds. The summed E-state index contributed by atoms with van der Waals surface area (Å²) in [5.41, 5.74) is 0.775. The van der Waals surface area contributed by atoms with Crippen LogP contribution in [0.5, 0.6) is 11.5 Å². The maximum atomic E-state index is 9.41. The second-order valence-electron chi connectivity index (χ2n) is 2.65. The summed E-state index contributed by atoms with van der Waals surface area (Å²) in [7, 11) is 0. The van der Waals surface area contributed by atoms with Crippen molar-refractivity contribution >= 4 is 15.9 Å². The van der Waals surface area contributed by atoms with Gasteiger partial charge < -0.3 is 10.2 Å². The normalized spacial score (nSPS) is 10.2. The molecule has 12 heavy (non-hydrogen) atoms. The SMILES string of the molecule is CCCc1c(O)ccc(O)c1Br. The highest BCUT2D eigenvalue weighted by Gasteiger charge is 2.08. The van der Waals surface area contributed by atoms with Crippen LogP contribution < -0.4 is 0 Å². The van der Waals surface area contributed by atoms with E-state index in [4.69, 9.17) is 0 Å². The summed E-state index contributed by atoms with van der Waals surface area (Å²) < 4.78 is 0.601. The van der Waals surface area contributed by atoms with Gasteiger partial charge in [-0.2, -0.15) is 0 Å². The van der Waals surface area contributed by atoms with Crippen molar-refractivity contribution in [3.8, 4) is 11.5 Å². The van der Waals surface area contributed by atoms with Crippen LogP contribution in [0.4, 0.5) is 0 Å². The van der Waals surface area contributed by atoms with Crippen LogP contribution >= 0.6 is 15.9 Å². The highest BCUT2D eigenvalue weighted by Crippen LogP contribution is 2.34. The van der Waals surface area contributed by atoms with E-state index in [0.717, 1.165) is 18.4 Å². The van der Waals surface area contributed by atoms with Crippen molar-refractivity contribution in [1.29, 1.82) is 0 Å². The van der Waals surface area contributed by atoms with E-state index in [2.05, 4.69) is 15.9 Å². The standard InChI is InChI=1S/C9H11BrO2/c1-2-3-6-7(11)4-5-8(12)9(6)10/h4-5,11-12H,2-3H2,1H3. The van der Waals surface area contributed by atoms with Crippen LogP contribution in [0.25, 0.3) is 0 Å². The zero-order valence-electron chi connectivity index (χ0n) is 6.84. The lowest BCUT2D eigenvalue weighted by Gasteiger charge is -2.06. The Kier molecular flexibility index (Phi) is 2.98. The Hall–Kier alpha value is -0.700. The molecule has 0 heterocycles. The smallest absolute Gasteiger partial charge is 0.130 e. The summed E-state index contributed by atoms with van der Waals surface area (Å²) in [6.07, 6.45) is 1.70. The Morgan fingerprint density at radius 2 is 1.83 bits per heavy atom. The zero-order valence-corrected chi connectivity index (χ0v) is 8.43. The van der Waals surface area contributed by atoms with Crippen LogP contribution in [-0.4, -0.2) is 10.2 Å². The van der Waals surface area contributed by atoms with Gasteiger partial charge in [-0.3, -0.25) is 0 Å². The molecular weight excluding hydrogens is 220 g/mol. The first kappa shape index (κ1) is 9.39. The molecule has 0 saturated heterocycles. The number of hydrogen-bond acceptors (Lipinski definition) is 2. The minimum absolute atomic E-state index is 0.177. The number of benzene rings is 1. The summed E-state index contributed by atoms with van der Waals surface area (Å²) in [6.45, 7) is 2.02. The third kappa shape index (κ3) is 1.72. The van der Waals surface area contributed by atoms with E-state index in [-0.39, 0.29) is 11.5 Å². The highest BCUT2D eigenvalue weighted by atomic mass is 79.9. The number of phenolic OH excluding ortho intramolecular Hbond substituents is 2. The number of hydrogen-bond donors (Lipinski definition) is 2. The molecule has 2 nitrogen and oxygen atoms in total. The third-order valence-corrected chi connectivity index (χ3v) is 2.58. The fraction of sp³-hybridized carbons (Fsp3) is 0.333. The van der Waals surface area contributed by atoms with Gasteiger partial charge >= 0.3 is 0 Å². The Morgan fingerprint density at radius 1 is 1.25 bits per heavy atom. The molecule has 0 radical (unpaired) electrons. The van der Waals surface area contributed by atoms with Crippen LogP contribution in [0.1, 0.15) is 18.9 Å². The van der Waals surface area contributed by atoms with E-state index in [1.165, 1.54) is 12.1 Å². The van der Waals surface area contributed by atoms with Crippen LogP contribution in [0, 0.1) is 0 Å². The molecule has 1 aromatic carbocycles. The van der Waals surface area contributed by atoms with E-state index in [9.17, 15) is 10.2 Å². The maximum Gasteiger partial charge on any atom is 0.130 e. The molecule has 3 heteroatoms. The molecule has 0 saturated carbocycles. The lowest BCUT2D eigenvalue weighted by Crippen LogP contribution is -1.86. The third-order valence-electron chi connectivity index (χ3n) is 1.70. The fourth-order valence-corrected chi connectivity index (χ4v) is 1.62. The zero-order chi connectivity index (χ0) is 9.14. The molecule has 2 N–H and O–H groups in total. The Labute approximate surface area is 80.0 Å². The molecular formula is C9H11BrO2. The molecule has 0 fully saturated rings. The Bertz CT molecular complexity index is 284. The van der Waals surface area contributed by atoms with Gasteiger partial charge in [-0.1, -0.05) is 13.3 Å². The van der Waals surface area contributed by atoms with E-state index in [1.54, 1.807) is 0 Å². The largest absolute Gasteiger partial charge is 0.508 e. The van der Waals surface area contributed by atoms with Crippen LogP contribution in [0.15, 0.2) is 16.6 Å². The minimum Gasteiger partial charge on any atom is -0.508 e. The van der Waals surface area contributed by atoms with E-state index in [1.807, 2.05) is 6.92 Å². The maximum absolute atomic E-state index is 9.41. The predicted octanol–water partition coefficient (Wildman–Crippen LogP) is 2.81. The number of phenols is 2. The number of halogens is 1. The number of aromatic hydroxyl groups is 2. The average molecular weight is 231 g/mol. The molecule has 0 aromatic heterocycles. The van der Waals surface area contributed by atoms with Gasteiger partial charge in [-0.25, -0.2) is 0 Å². The van der Waals surface area contributed by atoms with Crippen LogP contribution in [-0.2, 0) is 6.42 Å². The van der Waals surface area contributed by atoms with Gasteiger partial charge in [0.05, 0.1) is 4.47 Å². The quantitative estimate of drug-likeness (QED) is 0.768. The molecule has 0 atom stereocenters. The van der Waals surface area contributed by atoms with Crippen LogP contribution in [0.3, 0.4) is 0 Å². The first-order valence-electron chi connectivity index (χ1n) is 3.86. The second-order valence-corrected chi connectivity index (χ2v) is 3.44. The summed E-state index contributed by atoms with van der Waals surface area (Å²) in [5.74, 6) is 0.415. The van der Waals surface area contributed by atoms with Crippen molar-refractivity contribution in [2.45, 2.75) is 19.8 Å². The monoisotopic (exact) mass is 230 g/mol. The fourth-order valence-electron chi connectivity index (χ4n) is 1.09. The summed E-state index contributed by atoms with van der Waals surface area (Å²) in [5, 5.41) is 18.7. The Balaban J connectivity index is 3.14. The number of rotatable bonds is 2. The lowest BCUT2D eigenvalue weighted by molar-refractivity contribution is 0.450. The van der Waals surface area contributed by atoms with Gasteiger partial charge in [-0.15, -0.1) is 0 Å². The summed E-state index contributed by atoms with van der Waals surface area (Å²) in [6, 6.07) is 2.98. The topological polar surface area (TPSA) is 40.5 Å². The van der Waals surface area contributed by atoms with Gasteiger partial charge in [0.1, 0.15) is 11.5 Å². The molecule has 0 spiro atoms. The minimum atomic E-state index is 0.177. The predicted molar refractivity (Wildman–Crippen MR) is 51.5 cm³/mol. The lowest BCUT2D eigenvalue weighted by atomic mass is 10.1. The van der Waals surface area contributed by atoms with E-state index in [0.29, 0.717) is 4.47 Å². The average Bonchev–Trinajstić information content (AvgIpc) is 2.06. The first-order chi connectivity index (χ1) is 5.66. The van der Waals surface area contributed by atoms with Gasteiger partial charge in [-0.05, 0) is 34.5 Å². The van der Waals surface area contributed by atoms with Crippen molar-refractivity contribution in [3.05, 3.63) is 22.2 Å². The molecule has 0 unspecified atom stereocenters. The molecule has 0 aliphatic carbocycles. The second kappa shape index (κ2) is 3.81. The van der Waals surface area contributed by atoms with Crippen LogP contribution in [0.2, 0.25) is 0 Å². The van der Waals surface area contributed by atoms with Gasteiger partial charge in [0.2, 0.25) is 0 Å². The van der Waals surface area contributed by atoms with Crippen molar-refractivity contribution in [1.82, 2.24) is 0 Å². The van der Waals surface area contributed by atoms with E-state index < -0.39 is 0 Å². The molecule has 1 rings (SSSR count). The van der Waals surface area contributed by atoms with Crippen molar-refractivity contribution in [3.63, 3.8) is 0 Å². The highest BCUT2D eigenvalue weighted by molar-refractivity contribution is 9.10. The van der Waals surface area contributed by atoms with Gasteiger partial charge in [0.25, 0.3) is 0 Å².